The SMILES string of the molecule is CSc1ccccc1C(C(=O)NC1CC(F)(F)C1)N(C(=O)[C@@H]1CCOC(=O)N1c1cc(C#N)ccn1)c1cc(F)cc(F)c1. The van der Waals surface area contributed by atoms with Crippen molar-refractivity contribution in [2.75, 3.05) is 22.7 Å². The lowest BCUT2D eigenvalue weighted by atomic mass is 9.87. The highest BCUT2D eigenvalue weighted by Gasteiger charge is 2.48. The van der Waals surface area contributed by atoms with Crippen molar-refractivity contribution in [3.63, 3.8) is 0 Å². The molecular weight excluding hydrogens is 602 g/mol. The number of hydrogen-bond donors (Lipinski definition) is 1. The zero-order valence-electron chi connectivity index (χ0n) is 23.2. The molecule has 2 heterocycles. The molecular formula is C30H25F4N5O4S. The Bertz CT molecular complexity index is 1620. The molecule has 2 aliphatic rings. The lowest BCUT2D eigenvalue weighted by molar-refractivity contribution is -0.133. The summed E-state index contributed by atoms with van der Waals surface area (Å²) in [4.78, 5) is 48.1. The van der Waals surface area contributed by atoms with E-state index >= 15 is 0 Å². The molecule has 1 aliphatic heterocycles. The van der Waals surface area contributed by atoms with Crippen LogP contribution in [0.4, 0.5) is 33.9 Å². The van der Waals surface area contributed by atoms with Gasteiger partial charge in [-0.25, -0.2) is 32.2 Å². The Kier molecular flexibility index (Phi) is 8.78. The minimum atomic E-state index is -2.96. The summed E-state index contributed by atoms with van der Waals surface area (Å²) in [6, 6.07) is 9.52. The Labute approximate surface area is 253 Å². The van der Waals surface area contributed by atoms with Gasteiger partial charge in [-0.05, 0) is 42.2 Å². The highest BCUT2D eigenvalue weighted by atomic mass is 32.2. The molecule has 1 aromatic heterocycles. The van der Waals surface area contributed by atoms with E-state index in [1.54, 1.807) is 30.5 Å². The second-order valence-corrected chi connectivity index (χ2v) is 11.1. The molecule has 1 saturated carbocycles. The summed E-state index contributed by atoms with van der Waals surface area (Å²) in [5, 5.41) is 11.9. The number of anilines is 2. The van der Waals surface area contributed by atoms with Gasteiger partial charge >= 0.3 is 6.09 Å². The number of pyridine rings is 1. The molecule has 228 valence electrons. The summed E-state index contributed by atoms with van der Waals surface area (Å²) < 4.78 is 61.9. The largest absolute Gasteiger partial charge is 0.449 e. The van der Waals surface area contributed by atoms with Crippen molar-refractivity contribution >= 4 is 41.2 Å². The minimum absolute atomic E-state index is 0.0975. The van der Waals surface area contributed by atoms with Gasteiger partial charge in [0.1, 0.15) is 29.5 Å². The normalized spacial score (nSPS) is 18.4. The quantitative estimate of drug-likeness (QED) is 0.264. The highest BCUT2D eigenvalue weighted by molar-refractivity contribution is 7.98. The number of carbonyl (C=O) groups is 3. The Hall–Kier alpha value is -4.64. The zero-order chi connectivity index (χ0) is 31.6. The van der Waals surface area contributed by atoms with Crippen LogP contribution in [0, 0.1) is 23.0 Å². The molecule has 3 amide bonds. The predicted octanol–water partition coefficient (Wildman–Crippen LogP) is 5.36. The number of amides is 3. The second-order valence-electron chi connectivity index (χ2n) is 10.3. The summed E-state index contributed by atoms with van der Waals surface area (Å²) in [6.45, 7) is -0.204. The predicted molar refractivity (Wildman–Crippen MR) is 152 cm³/mol. The number of cyclic esters (lactones) is 1. The van der Waals surface area contributed by atoms with Crippen LogP contribution >= 0.6 is 11.8 Å². The summed E-state index contributed by atoms with van der Waals surface area (Å²) in [5.41, 5.74) is 0.0448. The molecule has 2 atom stereocenters. The van der Waals surface area contributed by atoms with Crippen molar-refractivity contribution in [2.24, 2.45) is 0 Å². The van der Waals surface area contributed by atoms with Crippen LogP contribution in [0.3, 0.4) is 0 Å². The Morgan fingerprint density at radius 3 is 2.52 bits per heavy atom. The van der Waals surface area contributed by atoms with E-state index < -0.39 is 66.4 Å². The van der Waals surface area contributed by atoms with Crippen molar-refractivity contribution < 1.29 is 36.7 Å². The first-order valence-corrected chi connectivity index (χ1v) is 14.7. The number of hydrogen-bond acceptors (Lipinski definition) is 7. The van der Waals surface area contributed by atoms with Crippen LogP contribution in [-0.4, -0.2) is 53.8 Å². The van der Waals surface area contributed by atoms with Gasteiger partial charge in [-0.15, -0.1) is 11.8 Å². The van der Waals surface area contributed by atoms with E-state index in [-0.39, 0.29) is 35.7 Å². The van der Waals surface area contributed by atoms with Crippen LogP contribution in [0.2, 0.25) is 0 Å². The number of benzene rings is 2. The number of alkyl halides is 2. The number of carbonyl (C=O) groups excluding carboxylic acids is 3. The fraction of sp³-hybridized carbons (Fsp3) is 0.300. The summed E-state index contributed by atoms with van der Waals surface area (Å²) in [6.07, 6.45) is 0.690. The molecule has 0 bridgehead atoms. The molecule has 9 nitrogen and oxygen atoms in total. The average molecular weight is 628 g/mol. The molecule has 0 radical (unpaired) electrons. The number of nitrogens with one attached hydrogen (secondary N) is 1. The third-order valence-electron chi connectivity index (χ3n) is 7.27. The van der Waals surface area contributed by atoms with Crippen molar-refractivity contribution in [1.29, 1.82) is 5.26 Å². The summed E-state index contributed by atoms with van der Waals surface area (Å²) in [7, 11) is 0. The Balaban J connectivity index is 1.66. The number of nitrogens with zero attached hydrogens (tertiary/aromatic N) is 4. The first kappa shape index (κ1) is 30.8. The molecule has 3 aromatic rings. The highest BCUT2D eigenvalue weighted by Crippen LogP contribution is 2.40. The van der Waals surface area contributed by atoms with E-state index in [9.17, 15) is 37.2 Å². The van der Waals surface area contributed by atoms with Gasteiger partial charge in [0.25, 0.3) is 11.8 Å². The number of thioether (sulfide) groups is 1. The van der Waals surface area contributed by atoms with Crippen LogP contribution in [0.5, 0.6) is 0 Å². The van der Waals surface area contributed by atoms with Gasteiger partial charge in [0, 0.05) is 42.5 Å². The van der Waals surface area contributed by atoms with Gasteiger partial charge in [0.15, 0.2) is 0 Å². The van der Waals surface area contributed by atoms with Crippen LogP contribution in [-0.2, 0) is 14.3 Å². The molecule has 1 aliphatic carbocycles. The van der Waals surface area contributed by atoms with Crippen LogP contribution in [0.15, 0.2) is 65.7 Å². The second kappa shape index (κ2) is 12.5. The van der Waals surface area contributed by atoms with E-state index in [1.807, 2.05) is 6.07 Å². The van der Waals surface area contributed by atoms with Gasteiger partial charge in [0.2, 0.25) is 5.91 Å². The monoisotopic (exact) mass is 627 g/mol. The lowest BCUT2D eigenvalue weighted by Gasteiger charge is -2.41. The fourth-order valence-corrected chi connectivity index (χ4v) is 5.90. The average Bonchev–Trinajstić information content (AvgIpc) is 2.97. The van der Waals surface area contributed by atoms with Gasteiger partial charge in [-0.2, -0.15) is 5.26 Å². The lowest BCUT2D eigenvalue weighted by Crippen LogP contribution is -2.58. The molecule has 5 rings (SSSR count). The van der Waals surface area contributed by atoms with Gasteiger partial charge < -0.3 is 10.1 Å². The fourth-order valence-electron chi connectivity index (χ4n) is 5.27. The van der Waals surface area contributed by atoms with Crippen molar-refractivity contribution in [3.05, 3.63) is 83.6 Å². The maximum Gasteiger partial charge on any atom is 0.416 e. The number of ether oxygens (including phenoxy) is 1. The van der Waals surface area contributed by atoms with E-state index in [0.29, 0.717) is 11.0 Å². The molecule has 1 unspecified atom stereocenters. The maximum atomic E-state index is 14.7. The molecule has 2 fully saturated rings. The Morgan fingerprint density at radius 1 is 1.16 bits per heavy atom. The summed E-state index contributed by atoms with van der Waals surface area (Å²) >= 11 is 1.24. The third-order valence-corrected chi connectivity index (χ3v) is 8.08. The smallest absolute Gasteiger partial charge is 0.416 e. The molecule has 14 heteroatoms. The first-order chi connectivity index (χ1) is 21.0. The molecule has 0 spiro atoms. The number of nitriles is 1. The molecule has 44 heavy (non-hydrogen) atoms. The maximum absolute atomic E-state index is 14.7. The zero-order valence-corrected chi connectivity index (χ0v) is 24.0. The van der Waals surface area contributed by atoms with Gasteiger partial charge in [-0.1, -0.05) is 18.2 Å². The molecule has 1 N–H and O–H groups in total. The van der Waals surface area contributed by atoms with Gasteiger partial charge in [-0.3, -0.25) is 14.5 Å². The number of aromatic nitrogens is 1. The Morgan fingerprint density at radius 2 is 1.86 bits per heavy atom. The first-order valence-electron chi connectivity index (χ1n) is 13.4. The number of halogens is 4. The van der Waals surface area contributed by atoms with E-state index in [2.05, 4.69) is 10.3 Å². The number of rotatable bonds is 8. The van der Waals surface area contributed by atoms with Gasteiger partial charge in [0.05, 0.1) is 23.9 Å². The van der Waals surface area contributed by atoms with E-state index in [0.717, 1.165) is 21.9 Å². The van der Waals surface area contributed by atoms with Crippen molar-refractivity contribution in [1.82, 2.24) is 10.3 Å². The van der Waals surface area contributed by atoms with Crippen LogP contribution in [0.1, 0.15) is 36.4 Å². The standard InChI is InChI=1S/C30H25F4N5O4S/c1-44-24-5-3-2-4-22(24)26(27(40)37-20-14-30(33,34)15-20)38(21-12-18(31)11-19(32)13-21)28(41)23-7-9-43-29(42)39(23)25-10-17(16-35)6-8-36-25/h2-6,8,10-13,20,23,26H,7,9,14-15H2,1H3,(H,37,40)/t23-,26?/m0/s1. The molecule has 2 aromatic carbocycles. The minimum Gasteiger partial charge on any atom is -0.449 e. The molecule has 1 saturated heterocycles. The van der Waals surface area contributed by atoms with E-state index in [4.69, 9.17) is 4.74 Å². The summed E-state index contributed by atoms with van der Waals surface area (Å²) in [5.74, 6) is -6.93. The van der Waals surface area contributed by atoms with Crippen molar-refractivity contribution in [2.45, 2.75) is 48.2 Å². The van der Waals surface area contributed by atoms with E-state index in [1.165, 1.54) is 30.1 Å². The van der Waals surface area contributed by atoms with Crippen LogP contribution in [0.25, 0.3) is 0 Å². The third kappa shape index (κ3) is 6.33. The topological polar surface area (TPSA) is 116 Å². The van der Waals surface area contributed by atoms with Crippen LogP contribution < -0.4 is 15.1 Å². The van der Waals surface area contributed by atoms with Crippen molar-refractivity contribution in [3.8, 4) is 6.07 Å².